The van der Waals surface area contributed by atoms with Gasteiger partial charge in [0.05, 0.1) is 13.2 Å². The average Bonchev–Trinajstić information content (AvgIpc) is 3.70. The Hall–Kier alpha value is -4.11. The van der Waals surface area contributed by atoms with E-state index in [2.05, 4.69) is 160 Å². The maximum Gasteiger partial charge on any atom is 0.472 e. The highest BCUT2D eigenvalue weighted by Gasteiger charge is 2.26. The van der Waals surface area contributed by atoms with Gasteiger partial charge < -0.3 is 20.1 Å². The first kappa shape index (κ1) is 88.9. The van der Waals surface area contributed by atoms with E-state index in [9.17, 15) is 19.0 Å². The fourth-order valence-electron chi connectivity index (χ4n) is 10.6. The maximum atomic E-state index is 12.8. The third-order valence-electron chi connectivity index (χ3n) is 16.2. The molecule has 0 aliphatic carbocycles. The molecule has 0 bridgehead atoms. The normalized spacial score (nSPS) is 13.7. The van der Waals surface area contributed by atoms with Crippen LogP contribution in [0.5, 0.6) is 0 Å². The number of phosphoric ester groups is 1. The summed E-state index contributed by atoms with van der Waals surface area (Å²) in [7, 11) is -4.41. The van der Waals surface area contributed by atoms with Crippen molar-refractivity contribution in [3.8, 4) is 0 Å². The molecule has 0 aromatic rings. The molecule has 0 spiro atoms. The first-order valence-electron chi connectivity index (χ1n) is 38.3. The second kappa shape index (κ2) is 76.9. The van der Waals surface area contributed by atoms with E-state index in [-0.39, 0.29) is 38.6 Å². The molecule has 0 heterocycles. The topological polar surface area (TPSA) is 134 Å². The molecule has 93 heavy (non-hydrogen) atoms. The zero-order valence-electron chi connectivity index (χ0n) is 59.9. The molecular formula is C83H142NO8P. The molecule has 0 radical (unpaired) electrons. The standard InChI is InChI=1S/C83H142NO8P/c1-3-5-7-9-11-13-15-17-19-21-23-25-27-29-31-33-35-36-37-38-39-40-41-42-43-44-46-47-49-51-53-55-57-59-61-63-65-67-69-71-73-75-82(85)89-79-81(80-91-93(87,88)90-78-77-84)92-83(86)76-74-72-70-68-66-64-62-60-58-56-54-52-50-48-45-34-32-30-28-26-24-22-20-18-16-14-12-10-8-6-4-2/h5-8,11-14,17-20,23-26,30,32,45,48,52,54,58,60,81H,3-4,9-10,15-16,21-22,27-29,31,33-44,46-47,49-51,53,55-57,59,61-80,84H2,1-2H3,(H,87,88)/b7-5-,8-6-,13-11-,14-12-,19-17-,20-18-,25-23-,26-24-,32-30-,48-45-,54-52-,60-58-. The van der Waals surface area contributed by atoms with E-state index in [0.29, 0.717) is 6.42 Å². The number of esters is 2. The zero-order valence-corrected chi connectivity index (χ0v) is 60.8. The molecule has 0 saturated carbocycles. The molecule has 0 rings (SSSR count). The molecule has 2 unspecified atom stereocenters. The van der Waals surface area contributed by atoms with Crippen molar-refractivity contribution in [3.05, 3.63) is 146 Å². The molecule has 0 aromatic heterocycles. The number of hydrogen-bond acceptors (Lipinski definition) is 8. The lowest BCUT2D eigenvalue weighted by molar-refractivity contribution is -0.161. The number of carbonyl (C=O) groups is 2. The van der Waals surface area contributed by atoms with E-state index in [1.165, 1.54) is 167 Å². The van der Waals surface area contributed by atoms with Gasteiger partial charge in [-0.1, -0.05) is 352 Å². The van der Waals surface area contributed by atoms with Crippen LogP contribution in [0.2, 0.25) is 0 Å². The van der Waals surface area contributed by atoms with Crippen molar-refractivity contribution in [1.82, 2.24) is 0 Å². The Kier molecular flexibility index (Phi) is 73.5. The predicted molar refractivity (Wildman–Crippen MR) is 404 cm³/mol. The summed E-state index contributed by atoms with van der Waals surface area (Å²) in [6.07, 6.45) is 111. The van der Waals surface area contributed by atoms with E-state index in [4.69, 9.17) is 24.3 Å². The van der Waals surface area contributed by atoms with Crippen LogP contribution in [0.25, 0.3) is 0 Å². The third kappa shape index (κ3) is 76.8. The molecule has 10 heteroatoms. The van der Waals surface area contributed by atoms with Gasteiger partial charge in [-0.05, 0) is 116 Å². The first-order valence-corrected chi connectivity index (χ1v) is 39.8. The summed E-state index contributed by atoms with van der Waals surface area (Å²) in [6.45, 7) is 3.52. The molecule has 9 nitrogen and oxygen atoms in total. The molecule has 2 atom stereocenters. The number of carbonyl (C=O) groups excluding carboxylic acids is 2. The van der Waals surface area contributed by atoms with Crippen LogP contribution in [0.15, 0.2) is 146 Å². The molecule has 532 valence electrons. The van der Waals surface area contributed by atoms with Gasteiger partial charge >= 0.3 is 19.8 Å². The molecular weight excluding hydrogens is 1170 g/mol. The first-order chi connectivity index (χ1) is 45.8. The van der Waals surface area contributed by atoms with Crippen LogP contribution < -0.4 is 5.73 Å². The highest BCUT2D eigenvalue weighted by Crippen LogP contribution is 2.43. The summed E-state index contributed by atoms with van der Waals surface area (Å²) in [5.74, 6) is -0.840. The predicted octanol–water partition coefficient (Wildman–Crippen LogP) is 25.8. The number of allylic oxidation sites excluding steroid dienone is 24. The number of phosphoric acid groups is 1. The van der Waals surface area contributed by atoms with Crippen molar-refractivity contribution in [2.75, 3.05) is 26.4 Å². The molecule has 0 saturated heterocycles. The number of rotatable bonds is 71. The molecule has 0 aromatic carbocycles. The van der Waals surface area contributed by atoms with E-state index in [1.54, 1.807) is 0 Å². The van der Waals surface area contributed by atoms with Crippen LogP contribution in [0.1, 0.15) is 335 Å². The lowest BCUT2D eigenvalue weighted by Gasteiger charge is -2.19. The molecule has 0 aliphatic rings. The Morgan fingerprint density at radius 2 is 0.559 bits per heavy atom. The number of ether oxygens (including phenoxy) is 2. The highest BCUT2D eigenvalue weighted by molar-refractivity contribution is 7.47. The summed E-state index contributed by atoms with van der Waals surface area (Å²) < 4.78 is 33.2. The van der Waals surface area contributed by atoms with Crippen molar-refractivity contribution in [3.63, 3.8) is 0 Å². The molecule has 3 N–H and O–H groups in total. The van der Waals surface area contributed by atoms with Gasteiger partial charge in [0.25, 0.3) is 0 Å². The van der Waals surface area contributed by atoms with Crippen molar-refractivity contribution >= 4 is 19.8 Å². The van der Waals surface area contributed by atoms with Gasteiger partial charge in [0, 0.05) is 19.4 Å². The Bertz CT molecular complexity index is 2040. The van der Waals surface area contributed by atoms with Crippen LogP contribution in [0.4, 0.5) is 0 Å². The quantitative estimate of drug-likeness (QED) is 0.0264. The minimum Gasteiger partial charge on any atom is -0.462 e. The van der Waals surface area contributed by atoms with E-state index in [0.717, 1.165) is 135 Å². The Balaban J connectivity index is 3.84. The van der Waals surface area contributed by atoms with Crippen molar-refractivity contribution in [2.24, 2.45) is 5.73 Å². The smallest absolute Gasteiger partial charge is 0.462 e. The van der Waals surface area contributed by atoms with Crippen molar-refractivity contribution < 1.29 is 37.6 Å². The lowest BCUT2D eigenvalue weighted by Crippen LogP contribution is -2.29. The fourth-order valence-corrected chi connectivity index (χ4v) is 11.4. The Labute approximate surface area is 573 Å². The van der Waals surface area contributed by atoms with Crippen molar-refractivity contribution in [1.29, 1.82) is 0 Å². The number of hydrogen-bond donors (Lipinski definition) is 2. The largest absolute Gasteiger partial charge is 0.472 e. The molecule has 0 aliphatic heterocycles. The molecule has 0 fully saturated rings. The van der Waals surface area contributed by atoms with Crippen LogP contribution in [0.3, 0.4) is 0 Å². The summed E-state index contributed by atoms with van der Waals surface area (Å²) in [4.78, 5) is 35.4. The van der Waals surface area contributed by atoms with Gasteiger partial charge in [-0.25, -0.2) is 4.57 Å². The molecule has 0 amide bonds. The minimum atomic E-state index is -4.41. The van der Waals surface area contributed by atoms with Crippen LogP contribution in [0, 0.1) is 0 Å². The SMILES string of the molecule is CC/C=C\C/C=C\C/C=C\C/C=C\C/C=C\C/C=C\C/C=C\C/C=C\CCCCCCCCC(=O)OC(COC(=O)CCCCCCCCCCCCCCCCCCCCCCCCCCCCCC/C=C\C/C=C\C/C=C\C/C=C\CC)COP(=O)(O)OCCN. The monoisotopic (exact) mass is 1310 g/mol. The highest BCUT2D eigenvalue weighted by atomic mass is 31.2. The second-order valence-corrected chi connectivity index (χ2v) is 26.6. The van der Waals surface area contributed by atoms with Gasteiger partial charge in [0.15, 0.2) is 6.10 Å². The van der Waals surface area contributed by atoms with E-state index in [1.807, 2.05) is 0 Å². The van der Waals surface area contributed by atoms with Gasteiger partial charge in [-0.2, -0.15) is 0 Å². The number of unbranched alkanes of at least 4 members (excludes halogenated alkanes) is 34. The zero-order chi connectivity index (χ0) is 67.2. The fraction of sp³-hybridized carbons (Fsp3) is 0.687. The summed E-state index contributed by atoms with van der Waals surface area (Å²) >= 11 is 0. The van der Waals surface area contributed by atoms with Gasteiger partial charge in [0.2, 0.25) is 0 Å². The van der Waals surface area contributed by atoms with Gasteiger partial charge in [0.1, 0.15) is 6.61 Å². The average molecular weight is 1310 g/mol. The van der Waals surface area contributed by atoms with Crippen LogP contribution in [-0.2, 0) is 32.7 Å². The summed E-state index contributed by atoms with van der Waals surface area (Å²) in [5.41, 5.74) is 5.41. The van der Waals surface area contributed by atoms with Crippen LogP contribution >= 0.6 is 7.82 Å². The summed E-state index contributed by atoms with van der Waals surface area (Å²) in [5, 5.41) is 0. The Morgan fingerprint density at radius 1 is 0.323 bits per heavy atom. The van der Waals surface area contributed by atoms with Crippen molar-refractivity contribution in [2.45, 2.75) is 341 Å². The van der Waals surface area contributed by atoms with Gasteiger partial charge in [-0.3, -0.25) is 18.6 Å². The van der Waals surface area contributed by atoms with Crippen LogP contribution in [-0.4, -0.2) is 49.3 Å². The number of nitrogens with two attached hydrogens (primary N) is 1. The van der Waals surface area contributed by atoms with E-state index < -0.39 is 26.5 Å². The third-order valence-corrected chi connectivity index (χ3v) is 17.2. The minimum absolute atomic E-state index is 0.0456. The second-order valence-electron chi connectivity index (χ2n) is 25.1. The maximum absolute atomic E-state index is 12.8. The lowest BCUT2D eigenvalue weighted by atomic mass is 10.0. The Morgan fingerprint density at radius 3 is 0.828 bits per heavy atom. The summed E-state index contributed by atoms with van der Waals surface area (Å²) in [6, 6.07) is 0. The van der Waals surface area contributed by atoms with E-state index >= 15 is 0 Å². The van der Waals surface area contributed by atoms with Gasteiger partial charge in [-0.15, -0.1) is 0 Å².